The number of hydrogen-bond donors (Lipinski definition) is 0. The van der Waals surface area contributed by atoms with Gasteiger partial charge in [0.25, 0.3) is 0 Å². The van der Waals surface area contributed by atoms with E-state index in [1.807, 2.05) is 5.57 Å². The van der Waals surface area contributed by atoms with Gasteiger partial charge >= 0.3 is 0 Å². The quantitative estimate of drug-likeness (QED) is 0.135. The van der Waals surface area contributed by atoms with Gasteiger partial charge in [0.15, 0.2) is 0 Å². The van der Waals surface area contributed by atoms with E-state index >= 15 is 0 Å². The third kappa shape index (κ3) is 7.98. The molecule has 0 radical (unpaired) electrons. The lowest BCUT2D eigenvalue weighted by Gasteiger charge is -2.47. The molecule has 0 bridgehead atoms. The summed E-state index contributed by atoms with van der Waals surface area (Å²) >= 11 is 0. The van der Waals surface area contributed by atoms with Crippen molar-refractivity contribution in [3.63, 3.8) is 0 Å². The highest BCUT2D eigenvalue weighted by Crippen LogP contribution is 2.68. The van der Waals surface area contributed by atoms with Crippen LogP contribution in [0.3, 0.4) is 0 Å². The smallest absolute Gasteiger partial charge is 0.0198 e. The van der Waals surface area contributed by atoms with E-state index in [0.717, 1.165) is 41.4 Å². The van der Waals surface area contributed by atoms with E-state index in [2.05, 4.69) is 33.8 Å². The van der Waals surface area contributed by atoms with Gasteiger partial charge in [-0.05, 0) is 112 Å². The molecule has 0 N–H and O–H groups in total. The summed E-state index contributed by atoms with van der Waals surface area (Å²) in [4.78, 5) is 0. The average molecular weight is 539 g/mol. The van der Waals surface area contributed by atoms with E-state index in [-0.39, 0.29) is 0 Å². The summed E-state index contributed by atoms with van der Waals surface area (Å²) in [7, 11) is 0. The molecule has 4 rings (SSSR count). The second-order valence-electron chi connectivity index (χ2n) is 15.4. The standard InChI is InChI=1S/C39H70/c1-5-8-10-12-14-19-27-39(28-20-15-13-11-9-6-2)37-29-31(4)23-25-35(37)36-26-24-33(30-38(36)39)34(7-3)32-21-17-16-18-22-32/h7,31-33,35-38H,5-6,8-30H2,1-4H3. The molecule has 226 valence electrons. The zero-order valence-electron chi connectivity index (χ0n) is 27.3. The molecule has 0 aliphatic heterocycles. The number of fused-ring (bicyclic) bond motifs is 3. The number of allylic oxidation sites excluding steroid dienone is 2. The Morgan fingerprint density at radius 2 is 1.13 bits per heavy atom. The summed E-state index contributed by atoms with van der Waals surface area (Å²) in [5.41, 5.74) is 2.62. The minimum absolute atomic E-state index is 0.684. The van der Waals surface area contributed by atoms with Crippen molar-refractivity contribution < 1.29 is 0 Å². The molecule has 4 saturated carbocycles. The summed E-state index contributed by atoms with van der Waals surface area (Å²) in [5.74, 6) is 7.08. The Balaban J connectivity index is 1.53. The van der Waals surface area contributed by atoms with Crippen LogP contribution in [0.25, 0.3) is 0 Å². The summed E-state index contributed by atoms with van der Waals surface area (Å²) < 4.78 is 0. The maximum absolute atomic E-state index is 2.63. The molecular formula is C39H70. The molecule has 0 aromatic carbocycles. The van der Waals surface area contributed by atoms with Crippen molar-refractivity contribution in [3.05, 3.63) is 11.6 Å². The molecule has 4 aliphatic rings. The van der Waals surface area contributed by atoms with Crippen molar-refractivity contribution in [2.45, 2.75) is 188 Å². The topological polar surface area (TPSA) is 0 Å². The Morgan fingerprint density at radius 1 is 0.590 bits per heavy atom. The van der Waals surface area contributed by atoms with Crippen LogP contribution in [0.5, 0.6) is 0 Å². The van der Waals surface area contributed by atoms with Crippen LogP contribution in [-0.4, -0.2) is 0 Å². The van der Waals surface area contributed by atoms with Crippen LogP contribution in [0.4, 0.5) is 0 Å². The zero-order valence-corrected chi connectivity index (χ0v) is 27.3. The lowest BCUT2D eigenvalue weighted by molar-refractivity contribution is 0.0344. The maximum Gasteiger partial charge on any atom is -0.0198 e. The Morgan fingerprint density at radius 3 is 1.72 bits per heavy atom. The van der Waals surface area contributed by atoms with Crippen LogP contribution in [0.2, 0.25) is 0 Å². The fourth-order valence-corrected chi connectivity index (χ4v) is 11.1. The minimum atomic E-state index is 0.684. The van der Waals surface area contributed by atoms with Crippen molar-refractivity contribution in [2.75, 3.05) is 0 Å². The first-order chi connectivity index (χ1) is 19.1. The lowest BCUT2D eigenvalue weighted by Crippen LogP contribution is -2.38. The van der Waals surface area contributed by atoms with E-state index in [1.54, 1.807) is 38.5 Å². The predicted molar refractivity (Wildman–Crippen MR) is 173 cm³/mol. The number of rotatable bonds is 16. The van der Waals surface area contributed by atoms with Gasteiger partial charge in [0.05, 0.1) is 0 Å². The van der Waals surface area contributed by atoms with Crippen LogP contribution in [0, 0.1) is 46.8 Å². The molecule has 0 saturated heterocycles. The Hall–Kier alpha value is -0.260. The van der Waals surface area contributed by atoms with E-state index in [9.17, 15) is 0 Å². The van der Waals surface area contributed by atoms with Crippen LogP contribution in [-0.2, 0) is 0 Å². The molecule has 0 aromatic rings. The van der Waals surface area contributed by atoms with Gasteiger partial charge in [0, 0.05) is 0 Å². The monoisotopic (exact) mass is 539 g/mol. The zero-order chi connectivity index (χ0) is 27.5. The molecule has 4 fully saturated rings. The largest absolute Gasteiger partial charge is 0.0879 e. The van der Waals surface area contributed by atoms with Crippen molar-refractivity contribution in [1.82, 2.24) is 0 Å². The van der Waals surface area contributed by atoms with Gasteiger partial charge in [-0.25, -0.2) is 0 Å². The van der Waals surface area contributed by atoms with Crippen molar-refractivity contribution >= 4 is 0 Å². The third-order valence-corrected chi connectivity index (χ3v) is 13.0. The Labute approximate surface area is 246 Å². The second kappa shape index (κ2) is 16.4. The van der Waals surface area contributed by atoms with Gasteiger partial charge in [0.2, 0.25) is 0 Å². The van der Waals surface area contributed by atoms with Gasteiger partial charge in [-0.3, -0.25) is 0 Å². The SMILES string of the molecule is CC=C(C1CCCCC1)C1CCC2C3CCC(C)CC3C(CCCCCCCC)(CCCCCCCC)C2C1. The highest BCUT2D eigenvalue weighted by molar-refractivity contribution is 5.17. The van der Waals surface area contributed by atoms with Crippen molar-refractivity contribution in [3.8, 4) is 0 Å². The average Bonchev–Trinajstić information content (AvgIpc) is 3.22. The van der Waals surface area contributed by atoms with E-state index < -0.39 is 0 Å². The van der Waals surface area contributed by atoms with Gasteiger partial charge in [-0.15, -0.1) is 0 Å². The minimum Gasteiger partial charge on any atom is -0.0879 e. The molecule has 4 aliphatic carbocycles. The van der Waals surface area contributed by atoms with E-state index in [0.29, 0.717) is 5.41 Å². The molecular weight excluding hydrogens is 468 g/mol. The lowest BCUT2D eigenvalue weighted by atomic mass is 9.58. The van der Waals surface area contributed by atoms with Crippen LogP contribution < -0.4 is 0 Å². The molecule has 6 atom stereocenters. The second-order valence-corrected chi connectivity index (χ2v) is 15.4. The first-order valence-corrected chi connectivity index (χ1v) is 18.8. The molecule has 6 unspecified atom stereocenters. The highest BCUT2D eigenvalue weighted by Gasteiger charge is 2.60. The molecule has 0 heteroatoms. The van der Waals surface area contributed by atoms with Crippen LogP contribution in [0.1, 0.15) is 188 Å². The fourth-order valence-electron chi connectivity index (χ4n) is 11.1. The van der Waals surface area contributed by atoms with Crippen LogP contribution >= 0.6 is 0 Å². The molecule has 0 aromatic heterocycles. The van der Waals surface area contributed by atoms with E-state index in [1.165, 1.54) is 122 Å². The van der Waals surface area contributed by atoms with Crippen molar-refractivity contribution in [2.24, 2.45) is 46.8 Å². The summed E-state index contributed by atoms with van der Waals surface area (Å²) in [6.07, 6.45) is 40.3. The first-order valence-electron chi connectivity index (χ1n) is 18.8. The number of unbranched alkanes of at least 4 members (excludes halogenated alkanes) is 10. The predicted octanol–water partition coefficient (Wildman–Crippen LogP) is 13.1. The van der Waals surface area contributed by atoms with Crippen molar-refractivity contribution in [1.29, 1.82) is 0 Å². The summed E-state index contributed by atoms with van der Waals surface area (Å²) in [6.45, 7) is 9.75. The van der Waals surface area contributed by atoms with Gasteiger partial charge in [0.1, 0.15) is 0 Å². The molecule has 0 heterocycles. The van der Waals surface area contributed by atoms with Gasteiger partial charge in [-0.1, -0.05) is 135 Å². The number of hydrogen-bond acceptors (Lipinski definition) is 0. The first kappa shape index (κ1) is 31.7. The molecule has 0 nitrogen and oxygen atoms in total. The fraction of sp³-hybridized carbons (Fsp3) is 0.949. The summed E-state index contributed by atoms with van der Waals surface area (Å²) in [6, 6.07) is 0. The van der Waals surface area contributed by atoms with Gasteiger partial charge < -0.3 is 0 Å². The third-order valence-electron chi connectivity index (χ3n) is 13.0. The molecule has 0 amide bonds. The highest BCUT2D eigenvalue weighted by atomic mass is 14.6. The molecule has 39 heavy (non-hydrogen) atoms. The maximum atomic E-state index is 2.63. The van der Waals surface area contributed by atoms with Gasteiger partial charge in [-0.2, -0.15) is 0 Å². The summed E-state index contributed by atoms with van der Waals surface area (Å²) in [5, 5.41) is 0. The van der Waals surface area contributed by atoms with Crippen LogP contribution in [0.15, 0.2) is 11.6 Å². The Bertz CT molecular complexity index is 679. The van der Waals surface area contributed by atoms with E-state index in [4.69, 9.17) is 0 Å². The normalized spacial score (nSPS) is 33.2. The molecule has 0 spiro atoms. The Kier molecular flexibility index (Phi) is 13.3.